The number of carbonyl (C=O) groups excluding carboxylic acids is 1. The van der Waals surface area contributed by atoms with Crippen LogP contribution >= 0.6 is 23.4 Å². The highest BCUT2D eigenvalue weighted by atomic mass is 35.5. The van der Waals surface area contributed by atoms with Crippen LogP contribution in [-0.2, 0) is 19.6 Å². The highest BCUT2D eigenvalue weighted by molar-refractivity contribution is 8.02. The number of nitrogens with zero attached hydrogens (tertiary/aromatic N) is 1. The summed E-state index contributed by atoms with van der Waals surface area (Å²) in [6, 6.07) is 4.33. The van der Waals surface area contributed by atoms with Gasteiger partial charge in [-0.25, -0.2) is 13.2 Å². The van der Waals surface area contributed by atoms with Gasteiger partial charge in [0.15, 0.2) is 5.37 Å². The molecule has 9 heteroatoms. The van der Waals surface area contributed by atoms with E-state index in [2.05, 4.69) is 4.74 Å². The molecule has 0 radical (unpaired) electrons. The van der Waals surface area contributed by atoms with Gasteiger partial charge in [-0.2, -0.15) is 4.31 Å². The highest BCUT2D eigenvalue weighted by Gasteiger charge is 2.42. The van der Waals surface area contributed by atoms with Crippen LogP contribution in [0.25, 0.3) is 0 Å². The van der Waals surface area contributed by atoms with E-state index in [0.717, 1.165) is 4.31 Å². The average molecular weight is 352 g/mol. The van der Waals surface area contributed by atoms with Crippen molar-refractivity contribution in [2.75, 3.05) is 26.5 Å². The van der Waals surface area contributed by atoms with Crippen molar-refractivity contribution in [1.29, 1.82) is 0 Å². The zero-order valence-corrected chi connectivity index (χ0v) is 13.8. The first-order valence-electron chi connectivity index (χ1n) is 5.96. The van der Waals surface area contributed by atoms with Gasteiger partial charge in [0.1, 0.15) is 10.6 Å². The molecule has 1 unspecified atom stereocenters. The summed E-state index contributed by atoms with van der Waals surface area (Å²) in [6.07, 6.45) is 0. The molecule has 0 amide bonds. The van der Waals surface area contributed by atoms with E-state index in [1.54, 1.807) is 0 Å². The largest absolute Gasteiger partial charge is 0.495 e. The molecule has 1 heterocycles. The molecule has 116 valence electrons. The first-order chi connectivity index (χ1) is 9.91. The summed E-state index contributed by atoms with van der Waals surface area (Å²) in [4.78, 5) is 11.7. The minimum atomic E-state index is -3.91. The number of halogens is 1. The SMILES string of the molecule is COC(=O)C1SCCN1S(=O)(=O)c1cc(Cl)ccc1OC. The molecule has 1 aliphatic rings. The van der Waals surface area contributed by atoms with E-state index < -0.39 is 21.4 Å². The Morgan fingerprint density at radius 2 is 2.14 bits per heavy atom. The van der Waals surface area contributed by atoms with Crippen LogP contribution in [0, 0.1) is 0 Å². The fraction of sp³-hybridized carbons (Fsp3) is 0.417. The second kappa shape index (κ2) is 6.43. The Hall–Kier alpha value is -0.960. The Morgan fingerprint density at radius 1 is 1.43 bits per heavy atom. The zero-order chi connectivity index (χ0) is 15.6. The van der Waals surface area contributed by atoms with Gasteiger partial charge >= 0.3 is 5.97 Å². The zero-order valence-electron chi connectivity index (χ0n) is 11.4. The predicted molar refractivity (Wildman–Crippen MR) is 80.2 cm³/mol. The van der Waals surface area contributed by atoms with Gasteiger partial charge in [0.25, 0.3) is 0 Å². The molecule has 1 aromatic carbocycles. The summed E-state index contributed by atoms with van der Waals surface area (Å²) in [7, 11) is -1.30. The molecule has 0 N–H and O–H groups in total. The molecule has 0 aliphatic carbocycles. The van der Waals surface area contributed by atoms with Gasteiger partial charge < -0.3 is 9.47 Å². The molecule has 2 rings (SSSR count). The third kappa shape index (κ3) is 3.13. The first-order valence-corrected chi connectivity index (χ1v) is 8.83. The summed E-state index contributed by atoms with van der Waals surface area (Å²) in [5.74, 6) is 0.101. The molecule has 0 aromatic heterocycles. The Labute approximate surface area is 132 Å². The van der Waals surface area contributed by atoms with Crippen LogP contribution in [0.1, 0.15) is 0 Å². The Morgan fingerprint density at radius 3 is 2.76 bits per heavy atom. The molecule has 1 fully saturated rings. The van der Waals surface area contributed by atoms with Crippen molar-refractivity contribution in [3.05, 3.63) is 23.2 Å². The lowest BCUT2D eigenvalue weighted by molar-refractivity contribution is -0.141. The highest BCUT2D eigenvalue weighted by Crippen LogP contribution is 2.35. The maximum Gasteiger partial charge on any atom is 0.334 e. The van der Waals surface area contributed by atoms with Crippen LogP contribution in [-0.4, -0.2) is 50.6 Å². The number of rotatable bonds is 4. The Kier molecular flexibility index (Phi) is 5.03. The number of sulfonamides is 1. The second-order valence-corrected chi connectivity index (χ2v) is 7.64. The molecule has 1 aliphatic heterocycles. The monoisotopic (exact) mass is 351 g/mol. The third-order valence-electron chi connectivity index (χ3n) is 2.96. The van der Waals surface area contributed by atoms with Crippen LogP contribution in [0.2, 0.25) is 5.02 Å². The van der Waals surface area contributed by atoms with E-state index in [9.17, 15) is 13.2 Å². The van der Waals surface area contributed by atoms with E-state index in [1.165, 1.54) is 44.2 Å². The quantitative estimate of drug-likeness (QED) is 0.767. The van der Waals surface area contributed by atoms with Crippen molar-refractivity contribution >= 4 is 39.4 Å². The molecule has 0 spiro atoms. The van der Waals surface area contributed by atoms with Crippen LogP contribution in [0.5, 0.6) is 5.75 Å². The number of hydrogen-bond donors (Lipinski definition) is 0. The predicted octanol–water partition coefficient (Wildman–Crippen LogP) is 1.59. The van der Waals surface area contributed by atoms with Crippen LogP contribution in [0.4, 0.5) is 0 Å². The molecule has 21 heavy (non-hydrogen) atoms. The van der Waals surface area contributed by atoms with Crippen molar-refractivity contribution in [2.45, 2.75) is 10.3 Å². The van der Waals surface area contributed by atoms with Gasteiger partial charge in [0.05, 0.1) is 14.2 Å². The van der Waals surface area contributed by atoms with Crippen LogP contribution in [0.3, 0.4) is 0 Å². The third-order valence-corrected chi connectivity index (χ3v) is 6.40. The Bertz CT molecular complexity index is 649. The number of benzene rings is 1. The molecule has 0 bridgehead atoms. The lowest BCUT2D eigenvalue weighted by atomic mass is 10.3. The first kappa shape index (κ1) is 16.4. The molecule has 0 saturated carbocycles. The minimum absolute atomic E-state index is 0.0612. The van der Waals surface area contributed by atoms with Crippen LogP contribution in [0.15, 0.2) is 23.1 Å². The van der Waals surface area contributed by atoms with Gasteiger partial charge in [0.2, 0.25) is 10.0 Å². The van der Waals surface area contributed by atoms with E-state index in [-0.39, 0.29) is 22.2 Å². The molecule has 1 saturated heterocycles. The summed E-state index contributed by atoms with van der Waals surface area (Å²) in [5.41, 5.74) is 0. The summed E-state index contributed by atoms with van der Waals surface area (Å²) in [5, 5.41) is -0.612. The number of esters is 1. The fourth-order valence-electron chi connectivity index (χ4n) is 1.97. The molecular formula is C12H14ClNO5S2. The number of hydrogen-bond acceptors (Lipinski definition) is 6. The molecule has 1 atom stereocenters. The normalized spacial score (nSPS) is 19.5. The summed E-state index contributed by atoms with van der Waals surface area (Å²) >= 11 is 7.10. The maximum atomic E-state index is 12.8. The van der Waals surface area contributed by atoms with Crippen molar-refractivity contribution in [2.24, 2.45) is 0 Å². The average Bonchev–Trinajstić information content (AvgIpc) is 2.96. The molecular weight excluding hydrogens is 338 g/mol. The summed E-state index contributed by atoms with van der Waals surface area (Å²) in [6.45, 7) is 0.225. The van der Waals surface area contributed by atoms with Gasteiger partial charge in [-0.15, -0.1) is 11.8 Å². The second-order valence-electron chi connectivity index (χ2n) is 4.16. The smallest absolute Gasteiger partial charge is 0.334 e. The van der Waals surface area contributed by atoms with Crippen molar-refractivity contribution in [3.63, 3.8) is 0 Å². The number of methoxy groups -OCH3 is 2. The van der Waals surface area contributed by atoms with E-state index in [1.807, 2.05) is 0 Å². The summed E-state index contributed by atoms with van der Waals surface area (Å²) < 4.78 is 36.4. The number of thioether (sulfide) groups is 1. The molecule has 1 aromatic rings. The number of carbonyl (C=O) groups is 1. The van der Waals surface area contributed by atoms with Gasteiger partial charge in [-0.1, -0.05) is 11.6 Å². The number of ether oxygens (including phenoxy) is 2. The molecule has 6 nitrogen and oxygen atoms in total. The van der Waals surface area contributed by atoms with Gasteiger partial charge in [0, 0.05) is 17.3 Å². The van der Waals surface area contributed by atoms with Crippen LogP contribution < -0.4 is 4.74 Å². The lowest BCUT2D eigenvalue weighted by Crippen LogP contribution is -2.40. The van der Waals surface area contributed by atoms with E-state index in [4.69, 9.17) is 16.3 Å². The van der Waals surface area contributed by atoms with Gasteiger partial charge in [-0.05, 0) is 18.2 Å². The standard InChI is InChI=1S/C12H14ClNO5S2/c1-18-9-4-3-8(13)7-10(9)21(16,17)14-5-6-20-11(14)12(15)19-2/h3-4,7,11H,5-6H2,1-2H3. The van der Waals surface area contributed by atoms with E-state index in [0.29, 0.717) is 5.75 Å². The van der Waals surface area contributed by atoms with Crippen molar-refractivity contribution in [1.82, 2.24) is 4.31 Å². The topological polar surface area (TPSA) is 72.9 Å². The fourth-order valence-corrected chi connectivity index (χ4v) is 5.47. The minimum Gasteiger partial charge on any atom is -0.495 e. The van der Waals surface area contributed by atoms with E-state index >= 15 is 0 Å². The van der Waals surface area contributed by atoms with Crippen molar-refractivity contribution < 1.29 is 22.7 Å². The lowest BCUT2D eigenvalue weighted by Gasteiger charge is -2.22. The maximum absolute atomic E-state index is 12.8. The van der Waals surface area contributed by atoms with Crippen molar-refractivity contribution in [3.8, 4) is 5.75 Å². The van der Waals surface area contributed by atoms with Gasteiger partial charge in [-0.3, -0.25) is 0 Å². The Balaban J connectivity index is 2.47.